The van der Waals surface area contributed by atoms with Gasteiger partial charge in [0.1, 0.15) is 12.2 Å². The van der Waals surface area contributed by atoms with E-state index in [1.54, 1.807) is 0 Å². The molecule has 0 radical (unpaired) electrons. The van der Waals surface area contributed by atoms with E-state index < -0.39 is 0 Å². The van der Waals surface area contributed by atoms with Crippen molar-refractivity contribution in [2.75, 3.05) is 13.2 Å². The molecule has 0 atom stereocenters. The van der Waals surface area contributed by atoms with Crippen molar-refractivity contribution in [3.05, 3.63) is 12.5 Å². The minimum Gasteiger partial charge on any atom is -0.474 e. The van der Waals surface area contributed by atoms with Crippen molar-refractivity contribution in [1.82, 2.24) is 5.32 Å². The summed E-state index contributed by atoms with van der Waals surface area (Å²) in [6.45, 7) is 14.4. The maximum absolute atomic E-state index is 11.2. The fourth-order valence-corrected chi connectivity index (χ4v) is 1.15. The van der Waals surface area contributed by atoms with Crippen LogP contribution >= 0.6 is 0 Å². The van der Waals surface area contributed by atoms with Crippen LogP contribution in [0.15, 0.2) is 12.5 Å². The van der Waals surface area contributed by atoms with Crippen LogP contribution in [0, 0.1) is 5.92 Å². The standard InChI is InChI=1S/C13H25NO3/c1-10(2)9-12(15)16-8-7-14-11(3)17-13(4,5)6/h10,14H,3,7-9H2,1-2,4-6H3. The molecule has 0 fully saturated rings. The molecule has 0 spiro atoms. The average molecular weight is 243 g/mol. The van der Waals surface area contributed by atoms with Crippen LogP contribution in [-0.2, 0) is 14.3 Å². The molecule has 0 aromatic carbocycles. The molecule has 0 saturated carbocycles. The second kappa shape index (κ2) is 7.20. The number of carbonyl (C=O) groups excluding carboxylic acids is 1. The molecular formula is C13H25NO3. The Labute approximate surface area is 104 Å². The molecule has 0 aliphatic rings. The minimum absolute atomic E-state index is 0.163. The van der Waals surface area contributed by atoms with Crippen molar-refractivity contribution >= 4 is 5.97 Å². The summed E-state index contributed by atoms with van der Waals surface area (Å²) in [5, 5.41) is 2.95. The highest BCUT2D eigenvalue weighted by Crippen LogP contribution is 2.09. The summed E-state index contributed by atoms with van der Waals surface area (Å²) in [7, 11) is 0. The van der Waals surface area contributed by atoms with Gasteiger partial charge < -0.3 is 14.8 Å². The van der Waals surface area contributed by atoms with E-state index >= 15 is 0 Å². The van der Waals surface area contributed by atoms with Gasteiger partial charge in [-0.05, 0) is 33.3 Å². The fourth-order valence-electron chi connectivity index (χ4n) is 1.15. The zero-order chi connectivity index (χ0) is 13.5. The molecule has 0 amide bonds. The Hall–Kier alpha value is -1.19. The molecule has 0 unspecified atom stereocenters. The maximum Gasteiger partial charge on any atom is 0.306 e. The first kappa shape index (κ1) is 15.8. The zero-order valence-corrected chi connectivity index (χ0v) is 11.6. The molecular weight excluding hydrogens is 218 g/mol. The predicted molar refractivity (Wildman–Crippen MR) is 68.4 cm³/mol. The molecule has 100 valence electrons. The Morgan fingerprint density at radius 1 is 1.35 bits per heavy atom. The average Bonchev–Trinajstić information content (AvgIpc) is 2.08. The first-order valence-electron chi connectivity index (χ1n) is 5.98. The van der Waals surface area contributed by atoms with Crippen LogP contribution in [0.4, 0.5) is 0 Å². The second-order valence-corrected chi connectivity index (χ2v) is 5.38. The summed E-state index contributed by atoms with van der Waals surface area (Å²) < 4.78 is 10.5. The van der Waals surface area contributed by atoms with Crippen LogP contribution in [0.25, 0.3) is 0 Å². The van der Waals surface area contributed by atoms with E-state index in [1.165, 1.54) is 0 Å². The molecule has 4 nitrogen and oxygen atoms in total. The monoisotopic (exact) mass is 243 g/mol. The van der Waals surface area contributed by atoms with Crippen molar-refractivity contribution in [3.8, 4) is 0 Å². The van der Waals surface area contributed by atoms with E-state index in [-0.39, 0.29) is 11.6 Å². The van der Waals surface area contributed by atoms with Crippen LogP contribution in [0.2, 0.25) is 0 Å². The summed E-state index contributed by atoms with van der Waals surface area (Å²) in [5.74, 6) is 0.663. The van der Waals surface area contributed by atoms with E-state index in [0.717, 1.165) is 0 Å². The van der Waals surface area contributed by atoms with Crippen molar-refractivity contribution in [3.63, 3.8) is 0 Å². The number of hydrogen-bond acceptors (Lipinski definition) is 4. The Morgan fingerprint density at radius 2 is 1.94 bits per heavy atom. The number of hydrogen-bond donors (Lipinski definition) is 1. The van der Waals surface area contributed by atoms with Gasteiger partial charge in [0.15, 0.2) is 5.88 Å². The third-order valence-corrected chi connectivity index (χ3v) is 1.69. The summed E-state index contributed by atoms with van der Waals surface area (Å²) in [5.41, 5.74) is -0.265. The van der Waals surface area contributed by atoms with Gasteiger partial charge in [-0.1, -0.05) is 13.8 Å². The van der Waals surface area contributed by atoms with Crippen molar-refractivity contribution in [2.45, 2.75) is 46.6 Å². The van der Waals surface area contributed by atoms with Crippen molar-refractivity contribution in [2.24, 2.45) is 5.92 Å². The summed E-state index contributed by atoms with van der Waals surface area (Å²) in [6.07, 6.45) is 0.458. The molecule has 1 N–H and O–H groups in total. The molecule has 0 aliphatic heterocycles. The topological polar surface area (TPSA) is 47.6 Å². The molecule has 0 heterocycles. The SMILES string of the molecule is C=C(NCCOC(=O)CC(C)C)OC(C)(C)C. The first-order chi connectivity index (χ1) is 7.70. The summed E-state index contributed by atoms with van der Waals surface area (Å²) in [4.78, 5) is 11.2. The lowest BCUT2D eigenvalue weighted by Gasteiger charge is -2.23. The van der Waals surface area contributed by atoms with E-state index in [1.807, 2.05) is 34.6 Å². The largest absolute Gasteiger partial charge is 0.474 e. The lowest BCUT2D eigenvalue weighted by molar-refractivity contribution is -0.144. The fraction of sp³-hybridized carbons (Fsp3) is 0.769. The van der Waals surface area contributed by atoms with Gasteiger partial charge in [-0.25, -0.2) is 0 Å². The maximum atomic E-state index is 11.2. The van der Waals surface area contributed by atoms with E-state index in [2.05, 4.69) is 11.9 Å². The molecule has 0 aliphatic carbocycles. The molecule has 0 aromatic heterocycles. The van der Waals surface area contributed by atoms with Gasteiger partial charge in [0, 0.05) is 6.42 Å². The normalized spacial score (nSPS) is 11.2. The highest BCUT2D eigenvalue weighted by molar-refractivity contribution is 5.69. The highest BCUT2D eigenvalue weighted by atomic mass is 16.5. The van der Waals surface area contributed by atoms with Gasteiger partial charge >= 0.3 is 5.97 Å². The lowest BCUT2D eigenvalue weighted by atomic mass is 10.1. The number of rotatable bonds is 7. The van der Waals surface area contributed by atoms with E-state index in [9.17, 15) is 4.79 Å². The zero-order valence-electron chi connectivity index (χ0n) is 11.6. The van der Waals surface area contributed by atoms with Crippen LogP contribution in [-0.4, -0.2) is 24.7 Å². The quantitative estimate of drug-likeness (QED) is 0.424. The van der Waals surface area contributed by atoms with Gasteiger partial charge in [0.2, 0.25) is 0 Å². The van der Waals surface area contributed by atoms with Gasteiger partial charge in [0.05, 0.1) is 6.54 Å². The van der Waals surface area contributed by atoms with Gasteiger partial charge in [-0.15, -0.1) is 0 Å². The first-order valence-corrected chi connectivity index (χ1v) is 5.98. The summed E-state index contributed by atoms with van der Waals surface area (Å²) >= 11 is 0. The minimum atomic E-state index is -0.265. The van der Waals surface area contributed by atoms with Crippen LogP contribution in [0.1, 0.15) is 41.0 Å². The number of ether oxygens (including phenoxy) is 2. The molecule has 0 saturated heterocycles. The van der Waals surface area contributed by atoms with Gasteiger partial charge in [-0.3, -0.25) is 4.79 Å². The van der Waals surface area contributed by atoms with Gasteiger partial charge in [-0.2, -0.15) is 0 Å². The molecule has 0 rings (SSSR count). The van der Waals surface area contributed by atoms with E-state index in [4.69, 9.17) is 9.47 Å². The highest BCUT2D eigenvalue weighted by Gasteiger charge is 2.12. The second-order valence-electron chi connectivity index (χ2n) is 5.38. The van der Waals surface area contributed by atoms with Crippen LogP contribution in [0.3, 0.4) is 0 Å². The number of esters is 1. The molecule has 17 heavy (non-hydrogen) atoms. The third kappa shape index (κ3) is 11.1. The van der Waals surface area contributed by atoms with Crippen LogP contribution < -0.4 is 5.32 Å². The van der Waals surface area contributed by atoms with E-state index in [0.29, 0.717) is 31.4 Å². The Kier molecular flexibility index (Phi) is 6.69. The Balaban J connectivity index is 3.58. The Morgan fingerprint density at radius 3 is 2.41 bits per heavy atom. The Bertz CT molecular complexity index is 254. The van der Waals surface area contributed by atoms with Gasteiger partial charge in [0.25, 0.3) is 0 Å². The molecule has 0 bridgehead atoms. The molecule has 0 aromatic rings. The number of nitrogens with one attached hydrogen (secondary N) is 1. The third-order valence-electron chi connectivity index (χ3n) is 1.69. The number of carbonyl (C=O) groups is 1. The predicted octanol–water partition coefficient (Wildman–Crippen LogP) is 2.45. The van der Waals surface area contributed by atoms with Crippen LogP contribution in [0.5, 0.6) is 0 Å². The van der Waals surface area contributed by atoms with Crippen molar-refractivity contribution < 1.29 is 14.3 Å². The molecule has 4 heteroatoms. The van der Waals surface area contributed by atoms with Crippen molar-refractivity contribution in [1.29, 1.82) is 0 Å². The lowest BCUT2D eigenvalue weighted by Crippen LogP contribution is -2.27. The summed E-state index contributed by atoms with van der Waals surface area (Å²) in [6, 6.07) is 0. The smallest absolute Gasteiger partial charge is 0.306 e.